The SMILES string of the molecule is OC1(c2ccc3ncccc3c2)CC2COCC(C1)N2. The Morgan fingerprint density at radius 3 is 2.80 bits per heavy atom. The minimum atomic E-state index is -0.756. The topological polar surface area (TPSA) is 54.4 Å². The average Bonchev–Trinajstić information content (AvgIpc) is 2.46. The molecule has 20 heavy (non-hydrogen) atoms. The van der Waals surface area contributed by atoms with Gasteiger partial charge in [-0.25, -0.2) is 0 Å². The predicted molar refractivity (Wildman–Crippen MR) is 76.4 cm³/mol. The smallest absolute Gasteiger partial charge is 0.0928 e. The highest BCUT2D eigenvalue weighted by Crippen LogP contribution is 2.37. The van der Waals surface area contributed by atoms with Gasteiger partial charge in [0.2, 0.25) is 0 Å². The molecule has 2 aromatic rings. The molecule has 0 radical (unpaired) electrons. The lowest BCUT2D eigenvalue weighted by Gasteiger charge is -2.45. The fraction of sp³-hybridized carbons (Fsp3) is 0.438. The molecule has 2 unspecified atom stereocenters. The monoisotopic (exact) mass is 270 g/mol. The number of ether oxygens (including phenoxy) is 1. The van der Waals surface area contributed by atoms with Crippen molar-refractivity contribution in [1.82, 2.24) is 10.3 Å². The van der Waals surface area contributed by atoms with Crippen LogP contribution in [0.25, 0.3) is 10.9 Å². The van der Waals surface area contributed by atoms with Crippen LogP contribution in [0.3, 0.4) is 0 Å². The van der Waals surface area contributed by atoms with E-state index in [9.17, 15) is 5.11 Å². The Balaban J connectivity index is 1.73. The fourth-order valence-electron chi connectivity index (χ4n) is 3.52. The van der Waals surface area contributed by atoms with Crippen molar-refractivity contribution in [3.05, 3.63) is 42.1 Å². The molecule has 0 spiro atoms. The molecule has 2 fully saturated rings. The van der Waals surface area contributed by atoms with Gasteiger partial charge in [0.1, 0.15) is 0 Å². The van der Waals surface area contributed by atoms with Crippen molar-refractivity contribution in [3.8, 4) is 0 Å². The summed E-state index contributed by atoms with van der Waals surface area (Å²) in [5.41, 5.74) is 1.21. The first-order valence-electron chi connectivity index (χ1n) is 7.14. The summed E-state index contributed by atoms with van der Waals surface area (Å²) in [6.07, 6.45) is 3.20. The number of rotatable bonds is 1. The van der Waals surface area contributed by atoms with E-state index in [0.29, 0.717) is 26.1 Å². The van der Waals surface area contributed by atoms with Gasteiger partial charge in [-0.15, -0.1) is 0 Å². The van der Waals surface area contributed by atoms with E-state index in [4.69, 9.17) is 4.74 Å². The highest BCUT2D eigenvalue weighted by atomic mass is 16.5. The number of nitrogens with zero attached hydrogens (tertiary/aromatic N) is 1. The number of pyridine rings is 1. The van der Waals surface area contributed by atoms with E-state index in [2.05, 4.69) is 16.4 Å². The lowest BCUT2D eigenvalue weighted by Crippen LogP contribution is -2.58. The molecule has 4 nitrogen and oxygen atoms in total. The number of morpholine rings is 1. The summed E-state index contributed by atoms with van der Waals surface area (Å²) in [5, 5.41) is 15.7. The van der Waals surface area contributed by atoms with Crippen molar-refractivity contribution >= 4 is 10.9 Å². The third kappa shape index (κ3) is 2.00. The Bertz CT molecular complexity index is 631. The average molecular weight is 270 g/mol. The van der Waals surface area contributed by atoms with Gasteiger partial charge in [0, 0.05) is 23.7 Å². The zero-order valence-electron chi connectivity index (χ0n) is 11.2. The number of aromatic nitrogens is 1. The van der Waals surface area contributed by atoms with Crippen LogP contribution in [0.5, 0.6) is 0 Å². The molecule has 2 atom stereocenters. The summed E-state index contributed by atoms with van der Waals surface area (Å²) in [7, 11) is 0. The van der Waals surface area contributed by atoms with E-state index in [-0.39, 0.29) is 12.1 Å². The van der Waals surface area contributed by atoms with Crippen LogP contribution in [-0.2, 0) is 10.3 Å². The van der Waals surface area contributed by atoms with Gasteiger partial charge < -0.3 is 15.2 Å². The lowest BCUT2D eigenvalue weighted by molar-refractivity contribution is -0.0801. The number of aliphatic hydroxyl groups is 1. The molecule has 0 aliphatic carbocycles. The Morgan fingerprint density at radius 2 is 2.00 bits per heavy atom. The molecule has 0 amide bonds. The molecular formula is C16H18N2O2. The first-order chi connectivity index (χ1) is 9.73. The van der Waals surface area contributed by atoms with Crippen LogP contribution in [0.15, 0.2) is 36.5 Å². The maximum Gasteiger partial charge on any atom is 0.0928 e. The normalized spacial score (nSPS) is 33.2. The Hall–Kier alpha value is -1.49. The van der Waals surface area contributed by atoms with E-state index in [1.165, 1.54) is 0 Å². The Labute approximate surface area is 117 Å². The number of fused-ring (bicyclic) bond motifs is 3. The summed E-state index contributed by atoms with van der Waals surface area (Å²) < 4.78 is 5.55. The van der Waals surface area contributed by atoms with Crippen molar-refractivity contribution in [1.29, 1.82) is 0 Å². The van der Waals surface area contributed by atoms with Crippen molar-refractivity contribution in [3.63, 3.8) is 0 Å². The van der Waals surface area contributed by atoms with Crippen LogP contribution in [0.2, 0.25) is 0 Å². The van der Waals surface area contributed by atoms with E-state index < -0.39 is 5.60 Å². The van der Waals surface area contributed by atoms with Gasteiger partial charge >= 0.3 is 0 Å². The summed E-state index contributed by atoms with van der Waals surface area (Å²) in [4.78, 5) is 4.33. The van der Waals surface area contributed by atoms with Gasteiger partial charge in [-0.1, -0.05) is 12.1 Å². The van der Waals surface area contributed by atoms with Gasteiger partial charge in [0.25, 0.3) is 0 Å². The number of piperidine rings is 1. The van der Waals surface area contributed by atoms with Crippen LogP contribution in [0, 0.1) is 0 Å². The molecule has 2 N–H and O–H groups in total. The van der Waals surface area contributed by atoms with Gasteiger partial charge in [0.05, 0.1) is 24.3 Å². The van der Waals surface area contributed by atoms with Crippen LogP contribution in [0.4, 0.5) is 0 Å². The standard InChI is InChI=1S/C16H18N2O2/c19-16(7-13-9-20-10-14(8-16)18-13)12-3-4-15-11(6-12)2-1-5-17-15/h1-6,13-14,18-19H,7-10H2. The van der Waals surface area contributed by atoms with Crippen LogP contribution in [0.1, 0.15) is 18.4 Å². The second kappa shape index (κ2) is 4.52. The van der Waals surface area contributed by atoms with E-state index in [1.807, 2.05) is 24.3 Å². The van der Waals surface area contributed by atoms with Crippen molar-refractivity contribution in [2.75, 3.05) is 13.2 Å². The quantitative estimate of drug-likeness (QED) is 0.826. The van der Waals surface area contributed by atoms with Crippen molar-refractivity contribution in [2.24, 2.45) is 0 Å². The largest absolute Gasteiger partial charge is 0.385 e. The van der Waals surface area contributed by atoms with Gasteiger partial charge in [-0.3, -0.25) is 4.98 Å². The number of hydrogen-bond acceptors (Lipinski definition) is 4. The minimum absolute atomic E-state index is 0.247. The third-order valence-electron chi connectivity index (χ3n) is 4.42. The second-order valence-electron chi connectivity index (χ2n) is 5.95. The highest BCUT2D eigenvalue weighted by Gasteiger charge is 2.42. The van der Waals surface area contributed by atoms with Gasteiger partial charge in [-0.05, 0) is 36.6 Å². The summed E-state index contributed by atoms with van der Waals surface area (Å²) in [6, 6.07) is 10.5. The number of benzene rings is 1. The van der Waals surface area contributed by atoms with E-state index in [1.54, 1.807) is 6.20 Å². The van der Waals surface area contributed by atoms with Crippen molar-refractivity contribution in [2.45, 2.75) is 30.5 Å². The lowest BCUT2D eigenvalue weighted by atomic mass is 9.78. The van der Waals surface area contributed by atoms with Gasteiger partial charge in [-0.2, -0.15) is 0 Å². The molecule has 2 saturated heterocycles. The minimum Gasteiger partial charge on any atom is -0.385 e. The predicted octanol–water partition coefficient (Wildman–Crippen LogP) is 1.57. The summed E-state index contributed by atoms with van der Waals surface area (Å²) >= 11 is 0. The molecule has 1 aromatic heterocycles. The highest BCUT2D eigenvalue weighted by molar-refractivity contribution is 5.79. The molecular weight excluding hydrogens is 252 g/mol. The van der Waals surface area contributed by atoms with E-state index >= 15 is 0 Å². The molecule has 104 valence electrons. The Kier molecular flexibility index (Phi) is 2.77. The molecule has 2 aliphatic heterocycles. The molecule has 2 aliphatic rings. The third-order valence-corrected chi connectivity index (χ3v) is 4.42. The summed E-state index contributed by atoms with van der Waals surface area (Å²) in [5.74, 6) is 0. The van der Waals surface area contributed by atoms with Crippen LogP contribution < -0.4 is 5.32 Å². The number of hydrogen-bond donors (Lipinski definition) is 2. The molecule has 4 rings (SSSR count). The molecule has 2 bridgehead atoms. The first-order valence-corrected chi connectivity index (χ1v) is 7.14. The van der Waals surface area contributed by atoms with Crippen LogP contribution >= 0.6 is 0 Å². The zero-order chi connectivity index (χ0) is 13.6. The maximum atomic E-state index is 11.1. The first kappa shape index (κ1) is 12.3. The molecule has 4 heteroatoms. The van der Waals surface area contributed by atoms with Gasteiger partial charge in [0.15, 0.2) is 0 Å². The molecule has 0 saturated carbocycles. The second-order valence-corrected chi connectivity index (χ2v) is 5.95. The van der Waals surface area contributed by atoms with E-state index in [0.717, 1.165) is 16.5 Å². The zero-order valence-corrected chi connectivity index (χ0v) is 11.2. The Morgan fingerprint density at radius 1 is 1.20 bits per heavy atom. The van der Waals surface area contributed by atoms with Crippen LogP contribution in [-0.4, -0.2) is 35.4 Å². The van der Waals surface area contributed by atoms with Crippen molar-refractivity contribution < 1.29 is 9.84 Å². The maximum absolute atomic E-state index is 11.1. The summed E-state index contributed by atoms with van der Waals surface area (Å²) in [6.45, 7) is 1.38. The molecule has 1 aromatic carbocycles. The number of nitrogens with one attached hydrogen (secondary N) is 1. The fourth-order valence-corrected chi connectivity index (χ4v) is 3.52. The molecule has 3 heterocycles.